The van der Waals surface area contributed by atoms with Crippen LogP contribution in [0.15, 0.2) is 42.7 Å². The van der Waals surface area contributed by atoms with Crippen LogP contribution in [0.4, 0.5) is 0 Å². The third kappa shape index (κ3) is 3.20. The molecule has 0 bridgehead atoms. The fourth-order valence-corrected chi connectivity index (χ4v) is 2.31. The van der Waals surface area contributed by atoms with Gasteiger partial charge in [-0.15, -0.1) is 0 Å². The summed E-state index contributed by atoms with van der Waals surface area (Å²) < 4.78 is 6.61. The second-order valence-corrected chi connectivity index (χ2v) is 5.17. The van der Waals surface area contributed by atoms with Crippen molar-refractivity contribution in [2.45, 2.75) is 13.0 Å². The van der Waals surface area contributed by atoms with E-state index in [4.69, 9.17) is 10.5 Å². The van der Waals surface area contributed by atoms with Crippen molar-refractivity contribution in [1.82, 2.24) is 4.98 Å². The zero-order chi connectivity index (χ0) is 13.0. The van der Waals surface area contributed by atoms with Crippen LogP contribution in [0.1, 0.15) is 24.1 Å². The summed E-state index contributed by atoms with van der Waals surface area (Å²) in [6.45, 7) is 2.58. The molecule has 0 fully saturated rings. The van der Waals surface area contributed by atoms with Crippen LogP contribution in [0.2, 0.25) is 0 Å². The largest absolute Gasteiger partial charge is 0.492 e. The summed E-state index contributed by atoms with van der Waals surface area (Å²) in [5.41, 5.74) is 8.29. The van der Waals surface area contributed by atoms with Crippen molar-refractivity contribution in [2.75, 3.05) is 6.61 Å². The number of pyridine rings is 1. The van der Waals surface area contributed by atoms with E-state index in [1.807, 2.05) is 31.2 Å². The molecule has 18 heavy (non-hydrogen) atoms. The molecular formula is C14H15IN2O. The molecule has 1 aromatic carbocycles. The zero-order valence-corrected chi connectivity index (χ0v) is 12.3. The van der Waals surface area contributed by atoms with Gasteiger partial charge in [-0.25, -0.2) is 0 Å². The van der Waals surface area contributed by atoms with Gasteiger partial charge in [0, 0.05) is 9.77 Å². The lowest BCUT2D eigenvalue weighted by Gasteiger charge is -2.13. The molecule has 2 rings (SSSR count). The molecule has 0 aliphatic heterocycles. The fraction of sp³-hybridized carbons (Fsp3) is 0.214. The van der Waals surface area contributed by atoms with Crippen molar-refractivity contribution in [3.63, 3.8) is 0 Å². The lowest BCUT2D eigenvalue weighted by Crippen LogP contribution is -2.12. The summed E-state index contributed by atoms with van der Waals surface area (Å²) in [6, 6.07) is 9.94. The molecule has 0 saturated carbocycles. The van der Waals surface area contributed by atoms with E-state index in [-0.39, 0.29) is 6.04 Å². The van der Waals surface area contributed by atoms with Gasteiger partial charge in [-0.2, -0.15) is 0 Å². The number of benzene rings is 1. The molecule has 4 heteroatoms. The molecular weight excluding hydrogens is 339 g/mol. The van der Waals surface area contributed by atoms with Crippen LogP contribution in [0.25, 0.3) is 0 Å². The topological polar surface area (TPSA) is 48.1 Å². The minimum absolute atomic E-state index is 0.173. The minimum atomic E-state index is -0.173. The Morgan fingerprint density at radius 1 is 1.28 bits per heavy atom. The predicted molar refractivity (Wildman–Crippen MR) is 80.6 cm³/mol. The third-order valence-corrected chi connectivity index (χ3v) is 3.28. The van der Waals surface area contributed by atoms with Gasteiger partial charge in [0.15, 0.2) is 0 Å². The van der Waals surface area contributed by atoms with E-state index >= 15 is 0 Å². The number of hydrogen-bond acceptors (Lipinski definition) is 3. The Kier molecular flexibility index (Phi) is 4.54. The highest BCUT2D eigenvalue weighted by atomic mass is 127. The first kappa shape index (κ1) is 13.3. The van der Waals surface area contributed by atoms with Crippen molar-refractivity contribution in [1.29, 1.82) is 0 Å². The Balaban J connectivity index is 2.27. The Hall–Kier alpha value is -1.14. The Bertz CT molecular complexity index is 531. The monoisotopic (exact) mass is 354 g/mol. The molecule has 0 radical (unpaired) electrons. The van der Waals surface area contributed by atoms with Gasteiger partial charge in [0.2, 0.25) is 0 Å². The van der Waals surface area contributed by atoms with Crippen LogP contribution in [0, 0.1) is 3.57 Å². The maximum atomic E-state index is 6.25. The van der Waals surface area contributed by atoms with Crippen molar-refractivity contribution in [3.8, 4) is 5.75 Å². The molecule has 0 saturated heterocycles. The van der Waals surface area contributed by atoms with Crippen LogP contribution < -0.4 is 10.5 Å². The van der Waals surface area contributed by atoms with Gasteiger partial charge in [-0.05, 0) is 58.8 Å². The third-order valence-electron chi connectivity index (χ3n) is 2.61. The molecule has 2 aromatic rings. The maximum absolute atomic E-state index is 6.25. The average Bonchev–Trinajstić information content (AvgIpc) is 2.39. The summed E-state index contributed by atoms with van der Waals surface area (Å²) in [4.78, 5) is 4.17. The van der Waals surface area contributed by atoms with E-state index in [1.54, 1.807) is 12.4 Å². The molecule has 1 atom stereocenters. The van der Waals surface area contributed by atoms with Crippen molar-refractivity contribution < 1.29 is 4.74 Å². The van der Waals surface area contributed by atoms with Gasteiger partial charge in [-0.1, -0.05) is 12.1 Å². The summed E-state index contributed by atoms with van der Waals surface area (Å²) in [7, 11) is 0. The standard InChI is InChI=1S/C14H15IN2O/c1-2-18-13-7-11(8-17-9-13)14(16)10-4-3-5-12(15)6-10/h3-9,14H,2,16H2,1H3. The molecule has 0 spiro atoms. The highest BCUT2D eigenvalue weighted by Gasteiger charge is 2.10. The van der Waals surface area contributed by atoms with E-state index in [0.717, 1.165) is 16.9 Å². The normalized spacial score (nSPS) is 12.2. The predicted octanol–water partition coefficient (Wildman–Crippen LogP) is 3.13. The summed E-state index contributed by atoms with van der Waals surface area (Å²) in [6.07, 6.45) is 3.49. The van der Waals surface area contributed by atoms with Crippen LogP contribution in [0.3, 0.4) is 0 Å². The first-order valence-electron chi connectivity index (χ1n) is 5.79. The van der Waals surface area contributed by atoms with Gasteiger partial charge in [0.1, 0.15) is 5.75 Å². The molecule has 1 heterocycles. The molecule has 0 aliphatic carbocycles. The van der Waals surface area contributed by atoms with E-state index in [1.165, 1.54) is 3.57 Å². The van der Waals surface area contributed by atoms with E-state index in [2.05, 4.69) is 33.6 Å². The zero-order valence-electron chi connectivity index (χ0n) is 10.1. The number of rotatable bonds is 4. The van der Waals surface area contributed by atoms with Crippen LogP contribution >= 0.6 is 22.6 Å². The number of halogens is 1. The van der Waals surface area contributed by atoms with Crippen molar-refractivity contribution >= 4 is 22.6 Å². The van der Waals surface area contributed by atoms with E-state index in [0.29, 0.717) is 6.61 Å². The smallest absolute Gasteiger partial charge is 0.137 e. The Labute approximate surface area is 121 Å². The van der Waals surface area contributed by atoms with Crippen LogP contribution in [0.5, 0.6) is 5.75 Å². The lowest BCUT2D eigenvalue weighted by molar-refractivity contribution is 0.338. The van der Waals surface area contributed by atoms with Crippen molar-refractivity contribution in [2.24, 2.45) is 5.73 Å². The van der Waals surface area contributed by atoms with Gasteiger partial charge < -0.3 is 10.5 Å². The second-order valence-electron chi connectivity index (χ2n) is 3.92. The highest BCUT2D eigenvalue weighted by molar-refractivity contribution is 14.1. The molecule has 3 nitrogen and oxygen atoms in total. The quantitative estimate of drug-likeness (QED) is 0.859. The summed E-state index contributed by atoms with van der Waals surface area (Å²) in [5.74, 6) is 0.760. The first-order chi connectivity index (χ1) is 8.70. The number of nitrogens with zero attached hydrogens (tertiary/aromatic N) is 1. The number of ether oxygens (including phenoxy) is 1. The Morgan fingerprint density at radius 3 is 2.83 bits per heavy atom. The van der Waals surface area contributed by atoms with Crippen LogP contribution in [-0.4, -0.2) is 11.6 Å². The van der Waals surface area contributed by atoms with Crippen LogP contribution in [-0.2, 0) is 0 Å². The molecule has 0 aliphatic rings. The summed E-state index contributed by atoms with van der Waals surface area (Å²) >= 11 is 2.28. The number of hydrogen-bond donors (Lipinski definition) is 1. The number of aromatic nitrogens is 1. The molecule has 94 valence electrons. The SMILES string of the molecule is CCOc1cncc(C(N)c2cccc(I)c2)c1. The van der Waals surface area contributed by atoms with Gasteiger partial charge in [0.25, 0.3) is 0 Å². The second kappa shape index (κ2) is 6.15. The molecule has 1 unspecified atom stereocenters. The average molecular weight is 354 g/mol. The molecule has 0 amide bonds. The fourth-order valence-electron chi connectivity index (χ4n) is 1.74. The van der Waals surface area contributed by atoms with Crippen molar-refractivity contribution in [3.05, 3.63) is 57.4 Å². The molecule has 2 N–H and O–H groups in total. The first-order valence-corrected chi connectivity index (χ1v) is 6.87. The van der Waals surface area contributed by atoms with E-state index < -0.39 is 0 Å². The van der Waals surface area contributed by atoms with Gasteiger partial charge in [-0.3, -0.25) is 4.98 Å². The highest BCUT2D eigenvalue weighted by Crippen LogP contribution is 2.23. The van der Waals surface area contributed by atoms with Gasteiger partial charge in [0.05, 0.1) is 18.8 Å². The lowest BCUT2D eigenvalue weighted by atomic mass is 10.0. The number of nitrogens with two attached hydrogens (primary N) is 1. The molecule has 1 aromatic heterocycles. The van der Waals surface area contributed by atoms with Gasteiger partial charge >= 0.3 is 0 Å². The van der Waals surface area contributed by atoms with E-state index in [9.17, 15) is 0 Å². The summed E-state index contributed by atoms with van der Waals surface area (Å²) in [5, 5.41) is 0. The maximum Gasteiger partial charge on any atom is 0.137 e. The Morgan fingerprint density at radius 2 is 2.11 bits per heavy atom. The minimum Gasteiger partial charge on any atom is -0.492 e.